The first-order chi connectivity index (χ1) is 14.6. The van der Waals surface area contributed by atoms with Crippen molar-refractivity contribution >= 4 is 17.5 Å². The summed E-state index contributed by atoms with van der Waals surface area (Å²) in [6.07, 6.45) is 6.91. The summed E-state index contributed by atoms with van der Waals surface area (Å²) >= 11 is 0. The molecule has 1 aromatic carbocycles. The van der Waals surface area contributed by atoms with Crippen LogP contribution < -0.4 is 10.9 Å². The molecule has 0 radical (unpaired) electrons. The van der Waals surface area contributed by atoms with Crippen LogP contribution >= 0.6 is 0 Å². The molecule has 152 valence electrons. The quantitative estimate of drug-likeness (QED) is 0.638. The number of benzene rings is 1. The van der Waals surface area contributed by atoms with Gasteiger partial charge in [-0.25, -0.2) is 4.98 Å². The molecule has 5 rings (SSSR count). The molecule has 1 fully saturated rings. The van der Waals surface area contributed by atoms with Crippen LogP contribution in [-0.2, 0) is 11.8 Å². The van der Waals surface area contributed by atoms with E-state index in [2.05, 4.69) is 21.4 Å². The Bertz CT molecular complexity index is 1210. The maximum absolute atomic E-state index is 12.6. The van der Waals surface area contributed by atoms with E-state index in [0.717, 1.165) is 23.3 Å². The highest BCUT2D eigenvalue weighted by Crippen LogP contribution is 2.45. The number of ketones is 1. The molecular weight excluding hydrogens is 380 g/mol. The number of anilines is 1. The highest BCUT2D eigenvalue weighted by atomic mass is 16.5. The molecule has 3 heterocycles. The smallest absolute Gasteiger partial charge is 0.255 e. The lowest BCUT2D eigenvalue weighted by atomic mass is 10.1. The van der Waals surface area contributed by atoms with Gasteiger partial charge >= 0.3 is 0 Å². The third-order valence-corrected chi connectivity index (χ3v) is 5.43. The van der Waals surface area contributed by atoms with Gasteiger partial charge in [0, 0.05) is 49.5 Å². The molecule has 30 heavy (non-hydrogen) atoms. The average molecular weight is 402 g/mol. The van der Waals surface area contributed by atoms with Crippen LogP contribution in [0.5, 0.6) is 0 Å². The number of carbonyl (C=O) groups excluding carboxylic acids is 1. The zero-order valence-corrected chi connectivity index (χ0v) is 16.4. The van der Waals surface area contributed by atoms with E-state index in [1.54, 1.807) is 43.7 Å². The molecule has 1 aliphatic carbocycles. The Morgan fingerprint density at radius 3 is 2.67 bits per heavy atom. The Labute approximate surface area is 174 Å². The van der Waals surface area contributed by atoms with Crippen LogP contribution in [0.4, 0.5) is 5.95 Å². The zero-order valence-electron chi connectivity index (χ0n) is 16.4. The van der Waals surface area contributed by atoms with Crippen LogP contribution in [0.2, 0.25) is 0 Å². The van der Waals surface area contributed by atoms with Gasteiger partial charge in [0.15, 0.2) is 5.78 Å². The lowest BCUT2D eigenvalue weighted by Crippen LogP contribution is -2.24. The molecule has 1 aliphatic heterocycles. The Morgan fingerprint density at radius 2 is 1.97 bits per heavy atom. The van der Waals surface area contributed by atoms with Crippen molar-refractivity contribution in [2.24, 2.45) is 13.0 Å². The van der Waals surface area contributed by atoms with Gasteiger partial charge in [0.25, 0.3) is 5.56 Å². The minimum absolute atomic E-state index is 0. The van der Waals surface area contributed by atoms with Gasteiger partial charge in [-0.05, 0) is 24.6 Å². The minimum Gasteiger partial charge on any atom is -0.489 e. The van der Waals surface area contributed by atoms with Crippen LogP contribution in [0.15, 0.2) is 65.7 Å². The summed E-state index contributed by atoms with van der Waals surface area (Å²) in [6, 6.07) is 12.4. The van der Waals surface area contributed by atoms with Gasteiger partial charge in [-0.2, -0.15) is 0 Å². The molecule has 7 nitrogen and oxygen atoms in total. The third kappa shape index (κ3) is 3.50. The molecule has 3 aromatic rings. The first kappa shape index (κ1) is 18.3. The maximum atomic E-state index is 12.6. The number of rotatable bonds is 6. The van der Waals surface area contributed by atoms with Gasteiger partial charge in [0.05, 0.1) is 12.2 Å². The molecule has 2 aromatic heterocycles. The SMILES string of the molecule is Cn1c(NCC(=O)c2ccc(C3=CC4CC4O3)cc2)nc(-c2ccncc2)cc1=O.[HH]. The van der Waals surface area contributed by atoms with Crippen LogP contribution in [0, 0.1) is 5.92 Å². The number of pyridine rings is 1. The van der Waals surface area contributed by atoms with Crippen LogP contribution in [-0.4, -0.2) is 33.0 Å². The zero-order chi connectivity index (χ0) is 20.7. The van der Waals surface area contributed by atoms with Crippen LogP contribution in [0.3, 0.4) is 0 Å². The second-order valence-corrected chi connectivity index (χ2v) is 7.54. The molecule has 2 aliphatic rings. The summed E-state index contributed by atoms with van der Waals surface area (Å²) in [7, 11) is 1.62. The third-order valence-electron chi connectivity index (χ3n) is 5.43. The number of nitrogens with one attached hydrogen (secondary N) is 1. The molecule has 7 heteroatoms. The van der Waals surface area contributed by atoms with E-state index in [1.807, 2.05) is 12.1 Å². The summed E-state index contributed by atoms with van der Waals surface area (Å²) in [5.74, 6) is 1.71. The largest absolute Gasteiger partial charge is 0.489 e. The number of aromatic nitrogens is 3. The van der Waals surface area contributed by atoms with Crippen molar-refractivity contribution in [2.45, 2.75) is 12.5 Å². The molecule has 0 bridgehead atoms. The lowest BCUT2D eigenvalue weighted by Gasteiger charge is -2.11. The summed E-state index contributed by atoms with van der Waals surface area (Å²) < 4.78 is 7.20. The highest BCUT2D eigenvalue weighted by Gasteiger charge is 2.43. The number of ether oxygens (including phenoxy) is 1. The van der Waals surface area contributed by atoms with E-state index in [1.165, 1.54) is 10.6 Å². The lowest BCUT2D eigenvalue weighted by molar-refractivity contribution is 0.101. The van der Waals surface area contributed by atoms with E-state index in [0.29, 0.717) is 29.2 Å². The molecule has 1 N–H and O–H groups in total. The van der Waals surface area contributed by atoms with Gasteiger partial charge in [-0.15, -0.1) is 0 Å². The molecule has 0 amide bonds. The number of fused-ring (bicyclic) bond motifs is 1. The predicted molar refractivity (Wildman–Crippen MR) is 115 cm³/mol. The monoisotopic (exact) mass is 402 g/mol. The van der Waals surface area contributed by atoms with E-state index in [4.69, 9.17) is 4.74 Å². The first-order valence-corrected chi connectivity index (χ1v) is 9.83. The van der Waals surface area contributed by atoms with Crippen molar-refractivity contribution in [3.63, 3.8) is 0 Å². The second-order valence-electron chi connectivity index (χ2n) is 7.54. The first-order valence-electron chi connectivity index (χ1n) is 9.83. The molecule has 2 unspecified atom stereocenters. The van der Waals surface area contributed by atoms with Gasteiger partial charge in [0.1, 0.15) is 11.9 Å². The predicted octanol–water partition coefficient (Wildman–Crippen LogP) is 3.14. The fourth-order valence-electron chi connectivity index (χ4n) is 3.51. The summed E-state index contributed by atoms with van der Waals surface area (Å²) in [6.45, 7) is 0.0305. The van der Waals surface area contributed by atoms with E-state index < -0.39 is 0 Å². The highest BCUT2D eigenvalue weighted by molar-refractivity contribution is 5.99. The number of hydrogen-bond donors (Lipinski definition) is 1. The Balaban J connectivity index is 0.00000231. The van der Waals surface area contributed by atoms with Crippen molar-refractivity contribution < 1.29 is 11.0 Å². The van der Waals surface area contributed by atoms with Crippen molar-refractivity contribution in [1.82, 2.24) is 14.5 Å². The Hall–Kier alpha value is -3.74. The van der Waals surface area contributed by atoms with Gasteiger partial charge in [-0.3, -0.25) is 19.1 Å². The molecular formula is C23H22N4O3. The molecule has 1 saturated carbocycles. The number of hydrogen-bond acceptors (Lipinski definition) is 6. The van der Waals surface area contributed by atoms with Crippen molar-refractivity contribution in [3.8, 4) is 11.3 Å². The summed E-state index contributed by atoms with van der Waals surface area (Å²) in [5.41, 5.74) is 2.68. The van der Waals surface area contributed by atoms with Gasteiger partial charge < -0.3 is 10.1 Å². The topological polar surface area (TPSA) is 86.1 Å². The number of nitrogens with zero attached hydrogens (tertiary/aromatic N) is 3. The van der Waals surface area contributed by atoms with E-state index in [9.17, 15) is 9.59 Å². The minimum atomic E-state index is -0.209. The Kier molecular flexibility index (Phi) is 4.43. The normalized spacial score (nSPS) is 18.9. The van der Waals surface area contributed by atoms with Gasteiger partial charge in [0.2, 0.25) is 5.95 Å². The maximum Gasteiger partial charge on any atom is 0.255 e. The number of carbonyl (C=O) groups is 1. The van der Waals surface area contributed by atoms with Crippen LogP contribution in [0.1, 0.15) is 23.8 Å². The molecule has 2 atom stereocenters. The van der Waals surface area contributed by atoms with E-state index in [-0.39, 0.29) is 19.3 Å². The number of Topliss-reactive ketones (excluding diaryl/α,β-unsaturated/α-hetero) is 1. The van der Waals surface area contributed by atoms with Crippen molar-refractivity contribution in [1.29, 1.82) is 0 Å². The standard InChI is InChI=1S/C23H20N4O3.H2/c1-27-22(29)12-18(14-6-8-24-9-7-14)26-23(27)25-13-19(28)15-2-4-16(5-3-15)20-10-17-11-21(17)30-20;/h2-10,12,17,21H,11,13H2,1H3,(H,25,26);1H. The molecule has 0 saturated heterocycles. The second kappa shape index (κ2) is 7.26. The fourth-order valence-corrected chi connectivity index (χ4v) is 3.51. The van der Waals surface area contributed by atoms with Gasteiger partial charge in [-0.1, -0.05) is 24.3 Å². The summed E-state index contributed by atoms with van der Waals surface area (Å²) in [5, 5.41) is 2.99. The van der Waals surface area contributed by atoms with E-state index >= 15 is 0 Å². The van der Waals surface area contributed by atoms with Crippen molar-refractivity contribution in [3.05, 3.63) is 82.4 Å². The molecule has 0 spiro atoms. The van der Waals surface area contributed by atoms with Crippen molar-refractivity contribution in [2.75, 3.05) is 11.9 Å². The van der Waals surface area contributed by atoms with Crippen LogP contribution in [0.25, 0.3) is 17.0 Å². The summed E-state index contributed by atoms with van der Waals surface area (Å²) in [4.78, 5) is 33.4. The Morgan fingerprint density at radius 1 is 1.20 bits per heavy atom. The fraction of sp³-hybridized carbons (Fsp3) is 0.217. The average Bonchev–Trinajstić information content (AvgIpc) is 3.40.